The normalized spacial score (nSPS) is 14.1. The molecular weight excluding hydrogens is 345 g/mol. The van der Waals surface area contributed by atoms with Gasteiger partial charge in [0.1, 0.15) is 17.7 Å². The number of aromatic amines is 1. The molecule has 1 saturated heterocycles. The van der Waals surface area contributed by atoms with Crippen LogP contribution in [0.15, 0.2) is 48.7 Å². The van der Waals surface area contributed by atoms with Crippen LogP contribution in [0.5, 0.6) is 5.75 Å². The van der Waals surface area contributed by atoms with Crippen LogP contribution in [0.25, 0.3) is 11.3 Å². The molecule has 0 atom stereocenters. The number of nitrogens with zero attached hydrogens (tertiary/aromatic N) is 2. The lowest BCUT2D eigenvalue weighted by Crippen LogP contribution is -2.56. The van der Waals surface area contributed by atoms with Gasteiger partial charge < -0.3 is 9.64 Å². The first-order valence-electron chi connectivity index (χ1n) is 8.84. The van der Waals surface area contributed by atoms with Crippen molar-refractivity contribution in [1.29, 1.82) is 0 Å². The maximum absolute atomic E-state index is 13.5. The Bertz CT molecular complexity index is 972. The second kappa shape index (κ2) is 6.87. The fraction of sp³-hybridized carbons (Fsp3) is 0.238. The van der Waals surface area contributed by atoms with Crippen molar-refractivity contribution in [2.75, 3.05) is 13.1 Å². The molecule has 0 unspecified atom stereocenters. The van der Waals surface area contributed by atoms with Gasteiger partial charge in [-0.3, -0.25) is 9.89 Å². The average Bonchev–Trinajstić information content (AvgIpc) is 3.09. The molecule has 1 amide bonds. The molecule has 1 fully saturated rings. The number of carbonyl (C=O) groups is 1. The van der Waals surface area contributed by atoms with E-state index >= 15 is 0 Å². The first-order valence-corrected chi connectivity index (χ1v) is 8.84. The van der Waals surface area contributed by atoms with Crippen molar-refractivity contribution in [1.82, 2.24) is 15.1 Å². The largest absolute Gasteiger partial charge is 0.486 e. The highest BCUT2D eigenvalue weighted by Gasteiger charge is 2.34. The Morgan fingerprint density at radius 3 is 2.59 bits per heavy atom. The molecule has 0 bridgehead atoms. The van der Waals surface area contributed by atoms with Gasteiger partial charge in [-0.2, -0.15) is 5.10 Å². The topological polar surface area (TPSA) is 58.2 Å². The number of ether oxygens (including phenoxy) is 1. The summed E-state index contributed by atoms with van der Waals surface area (Å²) in [7, 11) is 0. The molecule has 0 radical (unpaired) electrons. The van der Waals surface area contributed by atoms with E-state index in [4.69, 9.17) is 4.74 Å². The average molecular weight is 365 g/mol. The van der Waals surface area contributed by atoms with Crippen molar-refractivity contribution >= 4 is 5.91 Å². The van der Waals surface area contributed by atoms with Crippen molar-refractivity contribution in [2.24, 2.45) is 0 Å². The molecule has 0 aliphatic carbocycles. The smallest absolute Gasteiger partial charge is 0.257 e. The molecule has 3 aromatic rings. The first kappa shape index (κ1) is 17.3. The van der Waals surface area contributed by atoms with Gasteiger partial charge in [0.25, 0.3) is 5.91 Å². The van der Waals surface area contributed by atoms with Crippen LogP contribution in [0, 0.1) is 19.7 Å². The summed E-state index contributed by atoms with van der Waals surface area (Å²) in [5.41, 5.74) is 3.73. The summed E-state index contributed by atoms with van der Waals surface area (Å²) in [6.07, 6.45) is 1.46. The summed E-state index contributed by atoms with van der Waals surface area (Å²) in [6, 6.07) is 12.1. The fourth-order valence-electron chi connectivity index (χ4n) is 3.31. The summed E-state index contributed by atoms with van der Waals surface area (Å²) in [5.74, 6) is 0.397. The van der Waals surface area contributed by atoms with Crippen molar-refractivity contribution in [3.63, 3.8) is 0 Å². The third-order valence-electron chi connectivity index (χ3n) is 4.81. The van der Waals surface area contributed by atoms with Crippen LogP contribution in [-0.4, -0.2) is 40.2 Å². The van der Waals surface area contributed by atoms with E-state index in [1.54, 1.807) is 17.0 Å². The van der Waals surface area contributed by atoms with E-state index in [0.29, 0.717) is 29.9 Å². The molecule has 1 aliphatic heterocycles. The molecule has 138 valence electrons. The number of nitrogens with one attached hydrogen (secondary N) is 1. The number of halogens is 1. The SMILES string of the molecule is Cc1cccc(C)c1OC1CN(C(=O)c2cn[nH]c2-c2cccc(F)c2)C1. The summed E-state index contributed by atoms with van der Waals surface area (Å²) in [4.78, 5) is 14.5. The summed E-state index contributed by atoms with van der Waals surface area (Å²) in [6.45, 7) is 5.06. The zero-order chi connectivity index (χ0) is 19.0. The van der Waals surface area contributed by atoms with Crippen molar-refractivity contribution in [2.45, 2.75) is 20.0 Å². The van der Waals surface area contributed by atoms with E-state index in [9.17, 15) is 9.18 Å². The predicted octanol–water partition coefficient (Wildman–Crippen LogP) is 3.74. The van der Waals surface area contributed by atoms with Gasteiger partial charge in [0.05, 0.1) is 30.5 Å². The molecule has 1 N–H and O–H groups in total. The van der Waals surface area contributed by atoms with Gasteiger partial charge in [-0.15, -0.1) is 0 Å². The number of likely N-dealkylation sites (tertiary alicyclic amines) is 1. The van der Waals surface area contributed by atoms with Crippen molar-refractivity contribution < 1.29 is 13.9 Å². The molecule has 6 heteroatoms. The highest BCUT2D eigenvalue weighted by atomic mass is 19.1. The van der Waals surface area contributed by atoms with Crippen LogP contribution in [0.4, 0.5) is 4.39 Å². The molecule has 4 rings (SSSR count). The number of aromatic nitrogens is 2. The molecule has 2 heterocycles. The molecule has 0 spiro atoms. The molecule has 1 aromatic heterocycles. The van der Waals surface area contributed by atoms with Gasteiger partial charge in [-0.1, -0.05) is 30.3 Å². The van der Waals surface area contributed by atoms with E-state index in [1.807, 2.05) is 32.0 Å². The van der Waals surface area contributed by atoms with Gasteiger partial charge in [0.15, 0.2) is 0 Å². The van der Waals surface area contributed by atoms with Gasteiger partial charge in [0, 0.05) is 5.56 Å². The molecule has 1 aliphatic rings. The molecule has 5 nitrogen and oxygen atoms in total. The lowest BCUT2D eigenvalue weighted by molar-refractivity contribution is 0.0173. The Hall–Kier alpha value is -3.15. The number of para-hydroxylation sites is 1. The minimum atomic E-state index is -0.355. The van der Waals surface area contributed by atoms with Gasteiger partial charge in [-0.05, 0) is 37.1 Å². The van der Waals surface area contributed by atoms with E-state index in [2.05, 4.69) is 10.2 Å². The zero-order valence-electron chi connectivity index (χ0n) is 15.2. The Morgan fingerprint density at radius 2 is 1.89 bits per heavy atom. The van der Waals surface area contributed by atoms with Crippen LogP contribution in [-0.2, 0) is 0 Å². The maximum atomic E-state index is 13.5. The van der Waals surface area contributed by atoms with Crippen LogP contribution in [0.3, 0.4) is 0 Å². The number of hydrogen-bond donors (Lipinski definition) is 1. The maximum Gasteiger partial charge on any atom is 0.257 e. The monoisotopic (exact) mass is 365 g/mol. The van der Waals surface area contributed by atoms with E-state index in [-0.39, 0.29) is 17.8 Å². The van der Waals surface area contributed by atoms with Crippen LogP contribution >= 0.6 is 0 Å². The van der Waals surface area contributed by atoms with Crippen LogP contribution in [0.1, 0.15) is 21.5 Å². The second-order valence-electron chi connectivity index (χ2n) is 6.84. The number of hydrogen-bond acceptors (Lipinski definition) is 3. The van der Waals surface area contributed by atoms with Gasteiger partial charge in [0.2, 0.25) is 0 Å². The molecule has 0 saturated carbocycles. The van der Waals surface area contributed by atoms with Crippen molar-refractivity contribution in [3.8, 4) is 17.0 Å². The minimum absolute atomic E-state index is 0.0294. The quantitative estimate of drug-likeness (QED) is 0.766. The number of amides is 1. The predicted molar refractivity (Wildman–Crippen MR) is 100 cm³/mol. The Morgan fingerprint density at radius 1 is 1.19 bits per heavy atom. The van der Waals surface area contributed by atoms with Gasteiger partial charge in [-0.25, -0.2) is 4.39 Å². The zero-order valence-corrected chi connectivity index (χ0v) is 15.2. The first-order chi connectivity index (χ1) is 13.0. The third-order valence-corrected chi connectivity index (χ3v) is 4.81. The number of benzene rings is 2. The lowest BCUT2D eigenvalue weighted by Gasteiger charge is -2.39. The summed E-state index contributed by atoms with van der Waals surface area (Å²) >= 11 is 0. The number of rotatable bonds is 4. The van der Waals surface area contributed by atoms with E-state index in [1.165, 1.54) is 18.3 Å². The molecular formula is C21H20FN3O2. The van der Waals surface area contributed by atoms with Gasteiger partial charge >= 0.3 is 0 Å². The minimum Gasteiger partial charge on any atom is -0.486 e. The Balaban J connectivity index is 1.45. The Labute approximate surface area is 156 Å². The fourth-order valence-corrected chi connectivity index (χ4v) is 3.31. The molecule has 2 aromatic carbocycles. The Kier molecular flexibility index (Phi) is 4.39. The molecule has 27 heavy (non-hydrogen) atoms. The third kappa shape index (κ3) is 3.30. The van der Waals surface area contributed by atoms with E-state index in [0.717, 1.165) is 16.9 Å². The second-order valence-corrected chi connectivity index (χ2v) is 6.84. The number of carbonyl (C=O) groups excluding carboxylic acids is 1. The number of H-pyrrole nitrogens is 1. The summed E-state index contributed by atoms with van der Waals surface area (Å²) < 4.78 is 19.6. The number of aryl methyl sites for hydroxylation is 2. The van der Waals surface area contributed by atoms with E-state index < -0.39 is 0 Å². The summed E-state index contributed by atoms with van der Waals surface area (Å²) in [5, 5.41) is 6.78. The lowest BCUT2D eigenvalue weighted by atomic mass is 10.0. The highest BCUT2D eigenvalue weighted by molar-refractivity contribution is 6.00. The van der Waals surface area contributed by atoms with Crippen LogP contribution < -0.4 is 4.74 Å². The standard InChI is InChI=1S/C21H20FN3O2/c1-13-5-3-6-14(2)20(13)27-17-11-25(12-17)21(26)18-10-23-24-19(18)15-7-4-8-16(22)9-15/h3-10,17H,11-12H2,1-2H3,(H,23,24). The van der Waals surface area contributed by atoms with Crippen molar-refractivity contribution in [3.05, 3.63) is 71.2 Å². The highest BCUT2D eigenvalue weighted by Crippen LogP contribution is 2.28. The van der Waals surface area contributed by atoms with Crippen LogP contribution in [0.2, 0.25) is 0 Å².